The van der Waals surface area contributed by atoms with Crippen molar-refractivity contribution in [3.8, 4) is 0 Å². The lowest BCUT2D eigenvalue weighted by Gasteiger charge is -2.26. The van der Waals surface area contributed by atoms with Crippen molar-refractivity contribution >= 4 is 29.1 Å². The van der Waals surface area contributed by atoms with Crippen LogP contribution in [0.1, 0.15) is 60.8 Å². The molecule has 0 spiro atoms. The van der Waals surface area contributed by atoms with Gasteiger partial charge in [-0.1, -0.05) is 18.1 Å². The SMILES string of the molecule is CC(C)=C1[C@@H]2CC[C@@H]1[C@@H](C(=O)NNC(=O)c1csc3c1CC[C@@H](C)C3)[C@@H]2C(=O)O. The van der Waals surface area contributed by atoms with E-state index < -0.39 is 23.7 Å². The quantitative estimate of drug-likeness (QED) is 0.520. The van der Waals surface area contributed by atoms with Gasteiger partial charge < -0.3 is 5.11 Å². The van der Waals surface area contributed by atoms with Crippen molar-refractivity contribution in [1.29, 1.82) is 0 Å². The molecule has 29 heavy (non-hydrogen) atoms. The number of aliphatic carboxylic acids is 1. The third-order valence-electron chi connectivity index (χ3n) is 6.95. The Morgan fingerprint density at radius 2 is 1.76 bits per heavy atom. The molecule has 2 fully saturated rings. The minimum atomic E-state index is -0.927. The summed E-state index contributed by atoms with van der Waals surface area (Å²) in [5.41, 5.74) is 9.05. The number of carbonyl (C=O) groups is 3. The van der Waals surface area contributed by atoms with Gasteiger partial charge in [0.05, 0.1) is 17.4 Å². The zero-order valence-electron chi connectivity index (χ0n) is 17.1. The molecular weight excluding hydrogens is 388 g/mol. The Labute approximate surface area is 174 Å². The maximum Gasteiger partial charge on any atom is 0.307 e. The maximum absolute atomic E-state index is 12.9. The molecule has 0 aromatic carbocycles. The number of thiophene rings is 1. The van der Waals surface area contributed by atoms with Gasteiger partial charge in [-0.25, -0.2) is 0 Å². The fraction of sp³-hybridized carbons (Fsp3) is 0.591. The van der Waals surface area contributed by atoms with Gasteiger partial charge >= 0.3 is 5.97 Å². The Balaban J connectivity index is 1.47. The van der Waals surface area contributed by atoms with Crippen LogP contribution in [0.15, 0.2) is 16.5 Å². The predicted octanol–water partition coefficient (Wildman–Crippen LogP) is 3.33. The second-order valence-electron chi connectivity index (χ2n) is 8.98. The van der Waals surface area contributed by atoms with Crippen LogP contribution < -0.4 is 10.9 Å². The Morgan fingerprint density at radius 1 is 1.07 bits per heavy atom. The highest BCUT2D eigenvalue weighted by atomic mass is 32.1. The van der Waals surface area contributed by atoms with Crippen LogP contribution in [-0.2, 0) is 22.4 Å². The minimum Gasteiger partial charge on any atom is -0.481 e. The number of allylic oxidation sites excluding steroid dienone is 2. The summed E-state index contributed by atoms with van der Waals surface area (Å²) in [4.78, 5) is 38.8. The predicted molar refractivity (Wildman–Crippen MR) is 110 cm³/mol. The summed E-state index contributed by atoms with van der Waals surface area (Å²) in [5, 5.41) is 11.6. The van der Waals surface area contributed by atoms with Gasteiger partial charge in [0.1, 0.15) is 0 Å². The minimum absolute atomic E-state index is 0.0432. The third-order valence-corrected chi connectivity index (χ3v) is 8.00. The molecule has 7 heteroatoms. The van der Waals surface area contributed by atoms with Crippen molar-refractivity contribution in [2.24, 2.45) is 29.6 Å². The first-order valence-electron chi connectivity index (χ1n) is 10.4. The van der Waals surface area contributed by atoms with Gasteiger partial charge in [-0.2, -0.15) is 0 Å². The molecule has 2 amide bonds. The molecule has 1 aromatic rings. The van der Waals surface area contributed by atoms with E-state index >= 15 is 0 Å². The molecule has 4 rings (SSSR count). The van der Waals surface area contributed by atoms with Crippen LogP contribution in [0.25, 0.3) is 0 Å². The zero-order chi connectivity index (χ0) is 20.9. The fourth-order valence-corrected chi connectivity index (χ4v) is 6.99. The molecule has 1 heterocycles. The summed E-state index contributed by atoms with van der Waals surface area (Å²) in [6.45, 7) is 6.20. The van der Waals surface area contributed by atoms with E-state index in [1.54, 1.807) is 11.3 Å². The van der Waals surface area contributed by atoms with Crippen molar-refractivity contribution in [1.82, 2.24) is 10.9 Å². The number of carboxylic acids is 1. The lowest BCUT2D eigenvalue weighted by Crippen LogP contribution is -2.48. The highest BCUT2D eigenvalue weighted by Gasteiger charge is 2.57. The van der Waals surface area contributed by atoms with Crippen molar-refractivity contribution < 1.29 is 19.5 Å². The number of hydrazine groups is 1. The highest BCUT2D eigenvalue weighted by Crippen LogP contribution is 2.57. The van der Waals surface area contributed by atoms with Gasteiger partial charge in [0.2, 0.25) is 5.91 Å². The molecule has 3 N–H and O–H groups in total. The smallest absolute Gasteiger partial charge is 0.307 e. The lowest BCUT2D eigenvalue weighted by atomic mass is 9.79. The Kier molecular flexibility index (Phi) is 5.27. The number of fused-ring (bicyclic) bond motifs is 3. The number of hydrogen-bond donors (Lipinski definition) is 3. The summed E-state index contributed by atoms with van der Waals surface area (Å²) in [6.07, 6.45) is 4.59. The number of hydrogen-bond acceptors (Lipinski definition) is 4. The van der Waals surface area contributed by atoms with Gasteiger partial charge in [-0.15, -0.1) is 11.3 Å². The standard InChI is InChI=1S/C22H28N2O4S/c1-10(2)17-13-6-7-14(17)19(22(27)28)18(13)21(26)24-23-20(25)15-9-29-16-8-11(3)4-5-12(15)16/h9,11,13-14,18-19H,4-8H2,1-3H3,(H,23,25)(H,24,26)(H,27,28)/t11-,13+,14+,18-,19-/m1/s1. The van der Waals surface area contributed by atoms with Gasteiger partial charge in [-0.3, -0.25) is 25.2 Å². The van der Waals surface area contributed by atoms with Crippen LogP contribution in [-0.4, -0.2) is 22.9 Å². The van der Waals surface area contributed by atoms with E-state index in [9.17, 15) is 19.5 Å². The summed E-state index contributed by atoms with van der Waals surface area (Å²) >= 11 is 1.60. The van der Waals surface area contributed by atoms with Gasteiger partial charge in [0, 0.05) is 10.3 Å². The third kappa shape index (κ3) is 3.39. The molecule has 2 bridgehead atoms. The van der Waals surface area contributed by atoms with E-state index in [2.05, 4.69) is 17.8 Å². The summed E-state index contributed by atoms with van der Waals surface area (Å²) < 4.78 is 0. The van der Waals surface area contributed by atoms with E-state index in [0.717, 1.165) is 48.8 Å². The van der Waals surface area contributed by atoms with Crippen molar-refractivity contribution in [2.45, 2.75) is 52.9 Å². The second-order valence-corrected chi connectivity index (χ2v) is 9.94. The van der Waals surface area contributed by atoms with Gasteiger partial charge in [0.25, 0.3) is 5.91 Å². The number of carboxylic acid groups (broad SMARTS) is 1. The van der Waals surface area contributed by atoms with Crippen LogP contribution in [0.2, 0.25) is 0 Å². The molecule has 5 atom stereocenters. The molecule has 0 unspecified atom stereocenters. The molecular formula is C22H28N2O4S. The van der Waals surface area contributed by atoms with Crippen LogP contribution in [0.5, 0.6) is 0 Å². The van der Waals surface area contributed by atoms with E-state index in [4.69, 9.17) is 0 Å². The Morgan fingerprint density at radius 3 is 2.41 bits per heavy atom. The normalized spacial score (nSPS) is 30.0. The average molecular weight is 417 g/mol. The molecule has 0 radical (unpaired) electrons. The molecule has 1 aromatic heterocycles. The maximum atomic E-state index is 12.9. The van der Waals surface area contributed by atoms with E-state index in [-0.39, 0.29) is 17.7 Å². The molecule has 3 aliphatic rings. The van der Waals surface area contributed by atoms with Crippen LogP contribution >= 0.6 is 11.3 Å². The molecule has 6 nitrogen and oxygen atoms in total. The molecule has 2 saturated carbocycles. The van der Waals surface area contributed by atoms with Crippen molar-refractivity contribution in [3.05, 3.63) is 32.5 Å². The summed E-state index contributed by atoms with van der Waals surface area (Å²) in [7, 11) is 0. The number of rotatable bonds is 3. The number of carbonyl (C=O) groups excluding carboxylic acids is 2. The number of nitrogens with one attached hydrogen (secondary N) is 2. The molecule has 3 aliphatic carbocycles. The van der Waals surface area contributed by atoms with Gasteiger partial charge in [0.15, 0.2) is 0 Å². The van der Waals surface area contributed by atoms with Crippen molar-refractivity contribution in [2.75, 3.05) is 0 Å². The average Bonchev–Trinajstić information content (AvgIpc) is 3.36. The van der Waals surface area contributed by atoms with E-state index in [0.29, 0.717) is 11.5 Å². The molecule has 0 saturated heterocycles. The van der Waals surface area contributed by atoms with Crippen LogP contribution in [0.4, 0.5) is 0 Å². The first-order chi connectivity index (χ1) is 13.8. The fourth-order valence-electron chi connectivity index (χ4n) is 5.74. The van der Waals surface area contributed by atoms with E-state index in [1.807, 2.05) is 19.2 Å². The van der Waals surface area contributed by atoms with Crippen LogP contribution in [0, 0.1) is 29.6 Å². The highest BCUT2D eigenvalue weighted by molar-refractivity contribution is 7.10. The monoisotopic (exact) mass is 416 g/mol. The van der Waals surface area contributed by atoms with Gasteiger partial charge in [-0.05, 0) is 69.3 Å². The van der Waals surface area contributed by atoms with Crippen LogP contribution in [0.3, 0.4) is 0 Å². The molecule has 156 valence electrons. The van der Waals surface area contributed by atoms with Crippen molar-refractivity contribution in [3.63, 3.8) is 0 Å². The Bertz CT molecular complexity index is 899. The number of amides is 2. The zero-order valence-corrected chi connectivity index (χ0v) is 17.9. The lowest BCUT2D eigenvalue weighted by molar-refractivity contribution is -0.149. The summed E-state index contributed by atoms with van der Waals surface area (Å²) in [6, 6.07) is 0. The first-order valence-corrected chi connectivity index (χ1v) is 11.3. The second kappa shape index (κ2) is 7.59. The Hall–Kier alpha value is -2.15. The first kappa shape index (κ1) is 20.1. The summed E-state index contributed by atoms with van der Waals surface area (Å²) in [5.74, 6) is -2.47. The topological polar surface area (TPSA) is 95.5 Å². The molecule has 0 aliphatic heterocycles. The van der Waals surface area contributed by atoms with E-state index in [1.165, 1.54) is 4.88 Å². The largest absolute Gasteiger partial charge is 0.481 e.